The van der Waals surface area contributed by atoms with Gasteiger partial charge in [-0.15, -0.1) is 0 Å². The molecule has 2 heterocycles. The highest BCUT2D eigenvalue weighted by molar-refractivity contribution is 6.13. The number of rotatable bonds is 5. The van der Waals surface area contributed by atoms with Crippen LogP contribution in [0.15, 0.2) is 64.7 Å². The summed E-state index contributed by atoms with van der Waals surface area (Å²) in [5.74, 6) is -0.605. The topological polar surface area (TPSA) is 99.8 Å². The summed E-state index contributed by atoms with van der Waals surface area (Å²) in [4.78, 5) is 37.6. The molecule has 1 aliphatic rings. The lowest BCUT2D eigenvalue weighted by Gasteiger charge is -2.12. The number of furan rings is 1. The Morgan fingerprint density at radius 2 is 1.87 bits per heavy atom. The minimum atomic E-state index is -1.01. The SMILES string of the molecule is Cc1cccc(CN2C(=O)N/C(=C/c3ccc(-c4cccc(C(=O)O)c4C)o3)C2=O)c1. The number of aryl methyl sites for hydroxylation is 1. The number of hydrogen-bond donors (Lipinski definition) is 2. The van der Waals surface area contributed by atoms with E-state index < -0.39 is 17.9 Å². The van der Waals surface area contributed by atoms with Crippen LogP contribution in [0.4, 0.5) is 4.79 Å². The first-order chi connectivity index (χ1) is 14.8. The zero-order chi connectivity index (χ0) is 22.1. The molecule has 0 radical (unpaired) electrons. The molecular weight excluding hydrogens is 396 g/mol. The number of benzene rings is 2. The molecule has 1 saturated heterocycles. The first kappa shape index (κ1) is 20.2. The van der Waals surface area contributed by atoms with E-state index in [4.69, 9.17) is 4.42 Å². The van der Waals surface area contributed by atoms with Gasteiger partial charge < -0.3 is 14.8 Å². The Labute approximate surface area is 178 Å². The fourth-order valence-electron chi connectivity index (χ4n) is 3.56. The number of amides is 3. The molecule has 2 N–H and O–H groups in total. The normalized spacial score (nSPS) is 14.9. The summed E-state index contributed by atoms with van der Waals surface area (Å²) < 4.78 is 5.81. The Balaban J connectivity index is 1.57. The van der Waals surface area contributed by atoms with Crippen molar-refractivity contribution < 1.29 is 23.9 Å². The molecule has 0 aliphatic carbocycles. The monoisotopic (exact) mass is 416 g/mol. The summed E-state index contributed by atoms with van der Waals surface area (Å²) in [6.07, 6.45) is 1.47. The molecule has 3 aromatic rings. The molecule has 1 aliphatic heterocycles. The molecule has 3 amide bonds. The van der Waals surface area contributed by atoms with Crippen molar-refractivity contribution in [3.63, 3.8) is 0 Å². The van der Waals surface area contributed by atoms with Gasteiger partial charge in [-0.2, -0.15) is 0 Å². The number of imide groups is 1. The minimum absolute atomic E-state index is 0.120. The van der Waals surface area contributed by atoms with Gasteiger partial charge in [0.2, 0.25) is 0 Å². The van der Waals surface area contributed by atoms with E-state index in [9.17, 15) is 19.5 Å². The number of nitrogens with one attached hydrogen (secondary N) is 1. The second kappa shape index (κ2) is 7.95. The first-order valence-corrected chi connectivity index (χ1v) is 9.66. The van der Waals surface area contributed by atoms with E-state index in [1.807, 2.05) is 31.2 Å². The van der Waals surface area contributed by atoms with Crippen LogP contribution in [0.1, 0.15) is 32.8 Å². The summed E-state index contributed by atoms with van der Waals surface area (Å²) in [5.41, 5.74) is 3.45. The Morgan fingerprint density at radius 1 is 1.10 bits per heavy atom. The highest BCUT2D eigenvalue weighted by atomic mass is 16.4. The van der Waals surface area contributed by atoms with Gasteiger partial charge in [-0.1, -0.05) is 42.0 Å². The average Bonchev–Trinajstić information content (AvgIpc) is 3.28. The second-order valence-electron chi connectivity index (χ2n) is 7.35. The van der Waals surface area contributed by atoms with Crippen molar-refractivity contribution in [3.8, 4) is 11.3 Å². The molecular formula is C24H20N2O5. The summed E-state index contributed by atoms with van der Waals surface area (Å²) in [5, 5.41) is 11.9. The van der Waals surface area contributed by atoms with E-state index in [0.29, 0.717) is 22.6 Å². The fraction of sp³-hybridized carbons (Fsp3) is 0.125. The van der Waals surface area contributed by atoms with Gasteiger partial charge in [0.1, 0.15) is 17.2 Å². The Hall–Kier alpha value is -4.13. The lowest BCUT2D eigenvalue weighted by molar-refractivity contribution is -0.123. The summed E-state index contributed by atoms with van der Waals surface area (Å²) in [6, 6.07) is 15.4. The van der Waals surface area contributed by atoms with Gasteiger partial charge in [0.25, 0.3) is 5.91 Å². The maximum absolute atomic E-state index is 12.7. The average molecular weight is 416 g/mol. The van der Waals surface area contributed by atoms with Crippen molar-refractivity contribution in [2.75, 3.05) is 0 Å². The van der Waals surface area contributed by atoms with Crippen LogP contribution in [0.5, 0.6) is 0 Å². The van der Waals surface area contributed by atoms with Crippen molar-refractivity contribution in [2.45, 2.75) is 20.4 Å². The number of carbonyl (C=O) groups is 3. The van der Waals surface area contributed by atoms with Crippen molar-refractivity contribution >= 4 is 24.0 Å². The third-order valence-corrected chi connectivity index (χ3v) is 5.13. The Bertz CT molecular complexity index is 1240. The maximum Gasteiger partial charge on any atom is 0.335 e. The van der Waals surface area contributed by atoms with Gasteiger partial charge in [0.05, 0.1) is 12.1 Å². The lowest BCUT2D eigenvalue weighted by Crippen LogP contribution is -2.30. The Morgan fingerprint density at radius 3 is 2.61 bits per heavy atom. The van der Waals surface area contributed by atoms with Gasteiger partial charge in [0, 0.05) is 11.6 Å². The quantitative estimate of drug-likeness (QED) is 0.476. The number of nitrogens with zero attached hydrogens (tertiary/aromatic N) is 1. The van der Waals surface area contributed by atoms with Crippen LogP contribution >= 0.6 is 0 Å². The van der Waals surface area contributed by atoms with E-state index in [0.717, 1.165) is 16.0 Å². The molecule has 0 unspecified atom stereocenters. The largest absolute Gasteiger partial charge is 0.478 e. The van der Waals surface area contributed by atoms with Gasteiger partial charge in [0.15, 0.2) is 0 Å². The molecule has 0 saturated carbocycles. The maximum atomic E-state index is 12.7. The molecule has 0 atom stereocenters. The highest BCUT2D eigenvalue weighted by Gasteiger charge is 2.33. The van der Waals surface area contributed by atoms with E-state index >= 15 is 0 Å². The summed E-state index contributed by atoms with van der Waals surface area (Å²) in [6.45, 7) is 3.83. The fourth-order valence-corrected chi connectivity index (χ4v) is 3.56. The van der Waals surface area contributed by atoms with Crippen LogP contribution in [0.25, 0.3) is 17.4 Å². The van der Waals surface area contributed by atoms with Crippen LogP contribution in [-0.2, 0) is 11.3 Å². The van der Waals surface area contributed by atoms with Crippen LogP contribution < -0.4 is 5.32 Å². The number of urea groups is 1. The van der Waals surface area contributed by atoms with Gasteiger partial charge >= 0.3 is 12.0 Å². The van der Waals surface area contributed by atoms with Crippen LogP contribution in [0.2, 0.25) is 0 Å². The molecule has 156 valence electrons. The zero-order valence-corrected chi connectivity index (χ0v) is 17.0. The van der Waals surface area contributed by atoms with E-state index in [1.165, 1.54) is 12.1 Å². The van der Waals surface area contributed by atoms with Crippen molar-refractivity contribution in [1.82, 2.24) is 10.2 Å². The van der Waals surface area contributed by atoms with Gasteiger partial charge in [-0.25, -0.2) is 9.59 Å². The molecule has 0 spiro atoms. The van der Waals surface area contributed by atoms with Gasteiger partial charge in [-0.3, -0.25) is 9.69 Å². The smallest absolute Gasteiger partial charge is 0.335 e. The molecule has 0 bridgehead atoms. The van der Waals surface area contributed by atoms with Crippen LogP contribution in [0.3, 0.4) is 0 Å². The highest BCUT2D eigenvalue weighted by Crippen LogP contribution is 2.29. The van der Waals surface area contributed by atoms with Crippen molar-refractivity contribution in [3.05, 3.63) is 88.3 Å². The van der Waals surface area contributed by atoms with E-state index in [2.05, 4.69) is 5.32 Å². The minimum Gasteiger partial charge on any atom is -0.478 e. The van der Waals surface area contributed by atoms with E-state index in [-0.39, 0.29) is 17.8 Å². The molecule has 7 heteroatoms. The molecule has 7 nitrogen and oxygen atoms in total. The number of carbonyl (C=O) groups excluding carboxylic acids is 2. The molecule has 4 rings (SSSR count). The van der Waals surface area contributed by atoms with Crippen LogP contribution in [-0.4, -0.2) is 27.9 Å². The number of hydrogen-bond acceptors (Lipinski definition) is 4. The number of carboxylic acids is 1. The van der Waals surface area contributed by atoms with Crippen molar-refractivity contribution in [1.29, 1.82) is 0 Å². The zero-order valence-electron chi connectivity index (χ0n) is 17.0. The summed E-state index contributed by atoms with van der Waals surface area (Å²) >= 11 is 0. The third-order valence-electron chi connectivity index (χ3n) is 5.13. The Kier molecular flexibility index (Phi) is 5.17. The molecule has 1 aromatic heterocycles. The third kappa shape index (κ3) is 3.98. The number of aromatic carboxylic acids is 1. The predicted molar refractivity (Wildman–Crippen MR) is 114 cm³/mol. The van der Waals surface area contributed by atoms with Crippen molar-refractivity contribution in [2.24, 2.45) is 0 Å². The molecule has 31 heavy (non-hydrogen) atoms. The predicted octanol–water partition coefficient (Wildman–Crippen LogP) is 4.35. The van der Waals surface area contributed by atoms with Crippen LogP contribution in [0, 0.1) is 13.8 Å². The summed E-state index contributed by atoms with van der Waals surface area (Å²) in [7, 11) is 0. The standard InChI is InChI=1S/C24H20N2O5/c1-14-5-3-6-16(11-14)13-26-22(27)20(25-24(26)30)12-17-9-10-21(31-17)18-7-4-8-19(15(18)2)23(28)29/h3-12H,13H2,1-2H3,(H,25,30)(H,28,29)/b20-12+. The number of carboxylic acid groups (broad SMARTS) is 1. The van der Waals surface area contributed by atoms with E-state index in [1.54, 1.807) is 31.2 Å². The van der Waals surface area contributed by atoms with Gasteiger partial charge in [-0.05, 0) is 43.2 Å². The first-order valence-electron chi connectivity index (χ1n) is 9.66. The molecule has 1 fully saturated rings. The molecule has 2 aromatic carbocycles. The second-order valence-corrected chi connectivity index (χ2v) is 7.35. The lowest BCUT2D eigenvalue weighted by atomic mass is 10.0.